The predicted octanol–water partition coefficient (Wildman–Crippen LogP) is 1.88. The van der Waals surface area contributed by atoms with Crippen molar-refractivity contribution >= 4 is 23.3 Å². The standard InChI is InChI=1S/C16H21N3O5/c1-3-17-15(20)11(2)24-16(21)12-6-7-13(14(10-12)19(22)23)18-8-4-5-9-18/h6-7,10-11H,3-5,8-9H2,1-2H3,(H,17,20)/t11-/m0/s1. The quantitative estimate of drug-likeness (QED) is 0.484. The van der Waals surface area contributed by atoms with Crippen LogP contribution in [0.25, 0.3) is 0 Å². The third-order valence-electron chi connectivity index (χ3n) is 3.86. The highest BCUT2D eigenvalue weighted by Crippen LogP contribution is 2.31. The van der Waals surface area contributed by atoms with E-state index in [1.54, 1.807) is 13.0 Å². The van der Waals surface area contributed by atoms with E-state index >= 15 is 0 Å². The fourth-order valence-electron chi connectivity index (χ4n) is 2.62. The third-order valence-corrected chi connectivity index (χ3v) is 3.86. The van der Waals surface area contributed by atoms with Crippen LogP contribution in [0.4, 0.5) is 11.4 Å². The first-order valence-corrected chi connectivity index (χ1v) is 7.96. The second kappa shape index (κ2) is 7.76. The minimum Gasteiger partial charge on any atom is -0.449 e. The fraction of sp³-hybridized carbons (Fsp3) is 0.500. The minimum atomic E-state index is -0.963. The van der Waals surface area contributed by atoms with E-state index in [4.69, 9.17) is 4.74 Å². The van der Waals surface area contributed by atoms with Gasteiger partial charge >= 0.3 is 5.97 Å². The maximum atomic E-state index is 12.1. The van der Waals surface area contributed by atoms with E-state index in [1.165, 1.54) is 19.1 Å². The summed E-state index contributed by atoms with van der Waals surface area (Å²) in [7, 11) is 0. The van der Waals surface area contributed by atoms with Gasteiger partial charge < -0.3 is 15.0 Å². The predicted molar refractivity (Wildman–Crippen MR) is 88.1 cm³/mol. The van der Waals surface area contributed by atoms with Gasteiger partial charge in [-0.25, -0.2) is 4.79 Å². The Hall–Kier alpha value is -2.64. The van der Waals surface area contributed by atoms with E-state index < -0.39 is 22.9 Å². The molecule has 1 aliphatic rings. The summed E-state index contributed by atoms with van der Waals surface area (Å²) >= 11 is 0. The van der Waals surface area contributed by atoms with Crippen molar-refractivity contribution in [2.75, 3.05) is 24.5 Å². The van der Waals surface area contributed by atoms with Crippen LogP contribution in [0.5, 0.6) is 0 Å². The first-order chi connectivity index (χ1) is 11.4. The molecule has 1 aromatic rings. The summed E-state index contributed by atoms with van der Waals surface area (Å²) in [5.74, 6) is -1.17. The number of hydrogen-bond acceptors (Lipinski definition) is 6. The Kier molecular flexibility index (Phi) is 5.73. The lowest BCUT2D eigenvalue weighted by atomic mass is 10.1. The highest BCUT2D eigenvalue weighted by molar-refractivity contribution is 5.93. The topological polar surface area (TPSA) is 102 Å². The lowest BCUT2D eigenvalue weighted by Crippen LogP contribution is -2.35. The molecule has 0 radical (unpaired) electrons. The smallest absolute Gasteiger partial charge is 0.339 e. The number of nitro groups is 1. The zero-order valence-electron chi connectivity index (χ0n) is 13.8. The van der Waals surface area contributed by atoms with Gasteiger partial charge in [0.15, 0.2) is 6.10 Å². The summed E-state index contributed by atoms with van der Waals surface area (Å²) < 4.78 is 5.06. The molecule has 8 heteroatoms. The van der Waals surface area contributed by atoms with Gasteiger partial charge in [-0.15, -0.1) is 0 Å². The van der Waals surface area contributed by atoms with Crippen molar-refractivity contribution in [3.05, 3.63) is 33.9 Å². The van der Waals surface area contributed by atoms with Gasteiger partial charge in [-0.3, -0.25) is 14.9 Å². The number of rotatable bonds is 6. The van der Waals surface area contributed by atoms with Crippen LogP contribution in [0, 0.1) is 10.1 Å². The summed E-state index contributed by atoms with van der Waals surface area (Å²) in [4.78, 5) is 36.5. The Morgan fingerprint density at radius 1 is 1.38 bits per heavy atom. The van der Waals surface area contributed by atoms with Crippen LogP contribution < -0.4 is 10.2 Å². The molecule has 2 rings (SSSR count). The highest BCUT2D eigenvalue weighted by atomic mass is 16.6. The average molecular weight is 335 g/mol. The zero-order chi connectivity index (χ0) is 17.7. The lowest BCUT2D eigenvalue weighted by molar-refractivity contribution is -0.384. The summed E-state index contributed by atoms with van der Waals surface area (Å²) in [5.41, 5.74) is 0.434. The second-order valence-electron chi connectivity index (χ2n) is 5.60. The van der Waals surface area contributed by atoms with Crippen LogP contribution in [0.2, 0.25) is 0 Å². The van der Waals surface area contributed by atoms with Crippen molar-refractivity contribution in [3.63, 3.8) is 0 Å². The fourth-order valence-corrected chi connectivity index (χ4v) is 2.62. The van der Waals surface area contributed by atoms with Crippen LogP contribution in [-0.2, 0) is 9.53 Å². The van der Waals surface area contributed by atoms with Crippen molar-refractivity contribution in [3.8, 4) is 0 Å². The summed E-state index contributed by atoms with van der Waals surface area (Å²) in [5, 5.41) is 13.9. The largest absolute Gasteiger partial charge is 0.449 e. The molecule has 0 aliphatic carbocycles. The Balaban J connectivity index is 2.18. The molecule has 1 saturated heterocycles. The molecule has 1 atom stereocenters. The van der Waals surface area contributed by atoms with E-state index in [2.05, 4.69) is 5.32 Å². The molecule has 1 N–H and O–H groups in total. The van der Waals surface area contributed by atoms with Crippen LogP contribution in [-0.4, -0.2) is 42.5 Å². The monoisotopic (exact) mass is 335 g/mol. The SMILES string of the molecule is CCNC(=O)[C@H](C)OC(=O)c1ccc(N2CCCC2)c([N+](=O)[O-])c1. The molecule has 1 aromatic carbocycles. The maximum Gasteiger partial charge on any atom is 0.339 e. The number of nitrogens with zero attached hydrogens (tertiary/aromatic N) is 2. The zero-order valence-corrected chi connectivity index (χ0v) is 13.8. The van der Waals surface area contributed by atoms with Crippen molar-refractivity contribution in [1.29, 1.82) is 0 Å². The van der Waals surface area contributed by atoms with E-state index in [0.29, 0.717) is 12.2 Å². The van der Waals surface area contributed by atoms with Gasteiger partial charge in [-0.1, -0.05) is 0 Å². The van der Waals surface area contributed by atoms with E-state index in [-0.39, 0.29) is 11.3 Å². The number of amides is 1. The van der Waals surface area contributed by atoms with Crippen molar-refractivity contribution in [1.82, 2.24) is 5.32 Å². The molecule has 8 nitrogen and oxygen atoms in total. The molecule has 0 aromatic heterocycles. The van der Waals surface area contributed by atoms with Crippen LogP contribution >= 0.6 is 0 Å². The molecule has 130 valence electrons. The van der Waals surface area contributed by atoms with Gasteiger partial charge in [0.1, 0.15) is 5.69 Å². The number of benzene rings is 1. The summed E-state index contributed by atoms with van der Waals surface area (Å²) in [6, 6.07) is 4.27. The van der Waals surface area contributed by atoms with Crippen LogP contribution in [0.1, 0.15) is 37.0 Å². The minimum absolute atomic E-state index is 0.0563. The van der Waals surface area contributed by atoms with Crippen LogP contribution in [0.15, 0.2) is 18.2 Å². The Bertz CT molecular complexity index is 641. The average Bonchev–Trinajstić information content (AvgIpc) is 3.08. The molecule has 1 amide bonds. The molecule has 0 saturated carbocycles. The van der Waals surface area contributed by atoms with E-state index in [9.17, 15) is 19.7 Å². The number of likely N-dealkylation sites (N-methyl/N-ethyl adjacent to an activating group) is 1. The molecular formula is C16H21N3O5. The number of esters is 1. The van der Waals surface area contributed by atoms with Crippen molar-refractivity contribution in [2.45, 2.75) is 32.8 Å². The number of nitrogens with one attached hydrogen (secondary N) is 1. The normalized spacial score (nSPS) is 15.0. The summed E-state index contributed by atoms with van der Waals surface area (Å²) in [6.07, 6.45) is 1.02. The van der Waals surface area contributed by atoms with E-state index in [1.807, 2.05) is 4.90 Å². The Labute approximate surface area is 139 Å². The van der Waals surface area contributed by atoms with Crippen molar-refractivity contribution < 1.29 is 19.2 Å². The molecule has 1 heterocycles. The highest BCUT2D eigenvalue weighted by Gasteiger charge is 2.25. The molecule has 0 bridgehead atoms. The number of hydrogen-bond donors (Lipinski definition) is 1. The van der Waals surface area contributed by atoms with Crippen LogP contribution in [0.3, 0.4) is 0 Å². The number of ether oxygens (including phenoxy) is 1. The Morgan fingerprint density at radius 3 is 2.62 bits per heavy atom. The molecule has 1 aliphatic heterocycles. The molecule has 0 spiro atoms. The maximum absolute atomic E-state index is 12.1. The molecular weight excluding hydrogens is 314 g/mol. The second-order valence-corrected chi connectivity index (χ2v) is 5.60. The van der Waals surface area contributed by atoms with Gasteiger partial charge in [0.2, 0.25) is 0 Å². The van der Waals surface area contributed by atoms with Crippen molar-refractivity contribution in [2.24, 2.45) is 0 Å². The first-order valence-electron chi connectivity index (χ1n) is 7.96. The molecule has 0 unspecified atom stereocenters. The Morgan fingerprint density at radius 2 is 2.04 bits per heavy atom. The van der Waals surface area contributed by atoms with E-state index in [0.717, 1.165) is 25.9 Å². The van der Waals surface area contributed by atoms with Gasteiger partial charge in [0.25, 0.3) is 11.6 Å². The lowest BCUT2D eigenvalue weighted by Gasteiger charge is -2.18. The van der Waals surface area contributed by atoms with Gasteiger partial charge in [0, 0.05) is 25.7 Å². The molecule has 1 fully saturated rings. The number of anilines is 1. The summed E-state index contributed by atoms with van der Waals surface area (Å²) in [6.45, 7) is 5.16. The first kappa shape index (κ1) is 17.7. The third kappa shape index (κ3) is 4.01. The number of carbonyl (C=O) groups excluding carboxylic acids is 2. The number of carbonyl (C=O) groups is 2. The van der Waals surface area contributed by atoms with Gasteiger partial charge in [-0.05, 0) is 38.8 Å². The number of nitro benzene ring substituents is 1. The molecule has 24 heavy (non-hydrogen) atoms. The van der Waals surface area contributed by atoms with Gasteiger partial charge in [0.05, 0.1) is 10.5 Å². The van der Waals surface area contributed by atoms with Gasteiger partial charge in [-0.2, -0.15) is 0 Å².